The molecule has 1 aromatic carbocycles. The molecule has 0 bridgehead atoms. The van der Waals surface area contributed by atoms with Crippen LogP contribution in [0.1, 0.15) is 26.5 Å². The van der Waals surface area contributed by atoms with E-state index in [1.807, 2.05) is 19.1 Å². The van der Waals surface area contributed by atoms with Gasteiger partial charge >= 0.3 is 0 Å². The van der Waals surface area contributed by atoms with Crippen LogP contribution >= 0.6 is 11.3 Å². The van der Waals surface area contributed by atoms with E-state index in [2.05, 4.69) is 37.8 Å². The molecule has 0 spiro atoms. The average Bonchev–Trinajstić information content (AvgIpc) is 3.23. The number of carbonyl (C=O) groups excluding carboxylic acids is 1. The number of tetrazole rings is 1. The van der Waals surface area contributed by atoms with E-state index < -0.39 is 0 Å². The highest BCUT2D eigenvalue weighted by molar-refractivity contribution is 7.15. The molecule has 2 aromatic heterocycles. The number of aryl methyl sites for hydroxylation is 1. The molecule has 0 aliphatic carbocycles. The number of anilines is 1. The Morgan fingerprint density at radius 3 is 3.00 bits per heavy atom. The maximum Gasteiger partial charge on any atom is 0.257 e. The van der Waals surface area contributed by atoms with Gasteiger partial charge in [0.25, 0.3) is 5.91 Å². The predicted molar refractivity (Wildman–Crippen MR) is 94.0 cm³/mol. The molecule has 8 nitrogen and oxygen atoms in total. The van der Waals surface area contributed by atoms with Crippen LogP contribution in [0.15, 0.2) is 24.5 Å². The van der Waals surface area contributed by atoms with Crippen LogP contribution in [-0.2, 0) is 13.0 Å². The molecule has 1 amide bonds. The smallest absolute Gasteiger partial charge is 0.257 e. The van der Waals surface area contributed by atoms with Gasteiger partial charge < -0.3 is 4.90 Å². The predicted octanol–water partition coefficient (Wildman–Crippen LogP) is 1.67. The van der Waals surface area contributed by atoms with Gasteiger partial charge in [-0.05, 0) is 48.2 Å². The Labute approximate surface area is 148 Å². The van der Waals surface area contributed by atoms with Crippen LogP contribution in [0.2, 0.25) is 0 Å². The van der Waals surface area contributed by atoms with Crippen molar-refractivity contribution in [3.05, 3.63) is 46.2 Å². The van der Waals surface area contributed by atoms with E-state index in [0.717, 1.165) is 36.5 Å². The maximum atomic E-state index is 12.5. The Kier molecular flexibility index (Phi) is 4.02. The number of carbonyl (C=O) groups is 1. The first-order chi connectivity index (χ1) is 12.1. The van der Waals surface area contributed by atoms with Gasteiger partial charge in [-0.1, -0.05) is 0 Å². The van der Waals surface area contributed by atoms with Crippen molar-refractivity contribution in [1.82, 2.24) is 30.1 Å². The van der Waals surface area contributed by atoms with Crippen molar-refractivity contribution in [1.29, 1.82) is 0 Å². The molecule has 9 heteroatoms. The van der Waals surface area contributed by atoms with Gasteiger partial charge in [0, 0.05) is 30.0 Å². The number of hydrogen-bond donors (Lipinski definition) is 1. The Hall–Kier alpha value is -2.65. The van der Waals surface area contributed by atoms with Crippen molar-refractivity contribution in [3.8, 4) is 5.69 Å². The second-order valence-corrected chi connectivity index (χ2v) is 7.17. The molecule has 0 saturated heterocycles. The van der Waals surface area contributed by atoms with Gasteiger partial charge in [-0.15, -0.1) is 16.4 Å². The fraction of sp³-hybridized carbons (Fsp3) is 0.312. The third kappa shape index (κ3) is 3.15. The van der Waals surface area contributed by atoms with Crippen molar-refractivity contribution < 1.29 is 4.79 Å². The number of rotatable bonds is 3. The minimum atomic E-state index is -0.161. The Morgan fingerprint density at radius 1 is 1.36 bits per heavy atom. The van der Waals surface area contributed by atoms with Gasteiger partial charge in [0.1, 0.15) is 6.33 Å². The first-order valence-electron chi connectivity index (χ1n) is 7.92. The summed E-state index contributed by atoms with van der Waals surface area (Å²) in [5, 5.41) is 14.7. The Balaban J connectivity index is 1.53. The zero-order valence-corrected chi connectivity index (χ0v) is 14.7. The first kappa shape index (κ1) is 15.9. The molecule has 25 heavy (non-hydrogen) atoms. The van der Waals surface area contributed by atoms with Crippen LogP contribution in [0.5, 0.6) is 0 Å². The number of likely N-dealkylation sites (N-methyl/N-ethyl adjacent to an activating group) is 1. The van der Waals surface area contributed by atoms with Gasteiger partial charge in [0.2, 0.25) is 0 Å². The maximum absolute atomic E-state index is 12.5. The van der Waals surface area contributed by atoms with Gasteiger partial charge in [0.15, 0.2) is 5.13 Å². The average molecular weight is 355 g/mol. The lowest BCUT2D eigenvalue weighted by atomic mass is 10.1. The van der Waals surface area contributed by atoms with Gasteiger partial charge in [-0.2, -0.15) is 0 Å². The summed E-state index contributed by atoms with van der Waals surface area (Å²) in [4.78, 5) is 20.6. The molecule has 3 aromatic rings. The summed E-state index contributed by atoms with van der Waals surface area (Å²) in [5.41, 5.74) is 3.44. The number of hydrogen-bond acceptors (Lipinski definition) is 7. The Bertz CT molecular complexity index is 919. The topological polar surface area (TPSA) is 88.8 Å². The summed E-state index contributed by atoms with van der Waals surface area (Å²) in [6.07, 6.45) is 2.46. The van der Waals surface area contributed by atoms with Gasteiger partial charge in [-0.25, -0.2) is 9.67 Å². The summed E-state index contributed by atoms with van der Waals surface area (Å²) < 4.78 is 1.57. The lowest BCUT2D eigenvalue weighted by Crippen LogP contribution is -2.25. The van der Waals surface area contributed by atoms with Crippen LogP contribution in [0, 0.1) is 6.92 Å². The minimum absolute atomic E-state index is 0.161. The van der Waals surface area contributed by atoms with E-state index in [0.29, 0.717) is 10.7 Å². The highest BCUT2D eigenvalue weighted by Crippen LogP contribution is 2.28. The molecule has 0 radical (unpaired) electrons. The largest absolute Gasteiger partial charge is 0.301 e. The molecule has 1 aliphatic rings. The zero-order valence-electron chi connectivity index (χ0n) is 13.9. The Morgan fingerprint density at radius 2 is 2.24 bits per heavy atom. The molecule has 1 N–H and O–H groups in total. The summed E-state index contributed by atoms with van der Waals surface area (Å²) in [6.45, 7) is 3.82. The summed E-state index contributed by atoms with van der Waals surface area (Å²) in [5.74, 6) is -0.161. The summed E-state index contributed by atoms with van der Waals surface area (Å²) in [7, 11) is 2.09. The third-order valence-electron chi connectivity index (χ3n) is 4.20. The fourth-order valence-corrected chi connectivity index (χ4v) is 3.95. The third-order valence-corrected chi connectivity index (χ3v) is 5.20. The summed E-state index contributed by atoms with van der Waals surface area (Å²) >= 11 is 1.55. The molecule has 3 heterocycles. The molecule has 0 fully saturated rings. The van der Waals surface area contributed by atoms with Crippen molar-refractivity contribution in [2.24, 2.45) is 0 Å². The lowest BCUT2D eigenvalue weighted by Gasteiger charge is -2.20. The number of amides is 1. The minimum Gasteiger partial charge on any atom is -0.301 e. The second-order valence-electron chi connectivity index (χ2n) is 6.09. The number of nitrogens with zero attached hydrogens (tertiary/aromatic N) is 6. The summed E-state index contributed by atoms with van der Waals surface area (Å²) in [6, 6.07) is 5.43. The van der Waals surface area contributed by atoms with E-state index in [-0.39, 0.29) is 5.91 Å². The quantitative estimate of drug-likeness (QED) is 0.769. The highest BCUT2D eigenvalue weighted by atomic mass is 32.1. The van der Waals surface area contributed by atoms with E-state index >= 15 is 0 Å². The molecular formula is C16H17N7OS. The van der Waals surface area contributed by atoms with E-state index in [1.54, 1.807) is 22.1 Å². The SMILES string of the molecule is Cc1cc(C(=O)Nc2nc3c(s2)CN(C)CC3)ccc1-n1cnnn1. The van der Waals surface area contributed by atoms with E-state index in [9.17, 15) is 4.79 Å². The molecule has 1 aliphatic heterocycles. The number of aromatic nitrogens is 5. The van der Waals surface area contributed by atoms with Gasteiger partial charge in [-0.3, -0.25) is 10.1 Å². The second kappa shape index (κ2) is 6.34. The molecule has 0 atom stereocenters. The van der Waals surface area contributed by atoms with E-state index in [4.69, 9.17) is 0 Å². The molecule has 0 unspecified atom stereocenters. The molecular weight excluding hydrogens is 338 g/mol. The van der Waals surface area contributed by atoms with Crippen molar-refractivity contribution in [2.45, 2.75) is 19.9 Å². The van der Waals surface area contributed by atoms with Crippen molar-refractivity contribution in [3.63, 3.8) is 0 Å². The number of thiazole rings is 1. The van der Waals surface area contributed by atoms with Crippen molar-refractivity contribution >= 4 is 22.4 Å². The standard InChI is InChI=1S/C16H17N7OS/c1-10-7-11(3-4-13(10)23-9-17-20-21-23)15(24)19-16-18-12-5-6-22(2)8-14(12)25-16/h3-4,7,9H,5-6,8H2,1-2H3,(H,18,19,24). The van der Waals surface area contributed by atoms with Crippen molar-refractivity contribution in [2.75, 3.05) is 18.9 Å². The number of fused-ring (bicyclic) bond motifs is 1. The van der Waals surface area contributed by atoms with Crippen LogP contribution in [0.3, 0.4) is 0 Å². The van der Waals surface area contributed by atoms with Crippen LogP contribution < -0.4 is 5.32 Å². The van der Waals surface area contributed by atoms with E-state index in [1.165, 1.54) is 11.2 Å². The lowest BCUT2D eigenvalue weighted by molar-refractivity contribution is 0.102. The first-order valence-corrected chi connectivity index (χ1v) is 8.74. The number of nitrogens with one attached hydrogen (secondary N) is 1. The van der Waals surface area contributed by atoms with Crippen LogP contribution in [0.4, 0.5) is 5.13 Å². The fourth-order valence-electron chi connectivity index (χ4n) is 2.87. The van der Waals surface area contributed by atoms with Crippen LogP contribution in [-0.4, -0.2) is 49.6 Å². The molecule has 0 saturated carbocycles. The highest BCUT2D eigenvalue weighted by Gasteiger charge is 2.19. The normalized spacial score (nSPS) is 14.3. The zero-order chi connectivity index (χ0) is 17.4. The van der Waals surface area contributed by atoms with Crippen LogP contribution in [0.25, 0.3) is 5.69 Å². The van der Waals surface area contributed by atoms with Gasteiger partial charge in [0.05, 0.1) is 11.4 Å². The monoisotopic (exact) mass is 355 g/mol. The molecule has 128 valence electrons. The number of benzene rings is 1. The molecule has 4 rings (SSSR count).